The summed E-state index contributed by atoms with van der Waals surface area (Å²) in [6.07, 6.45) is -3.61. The molecule has 3 rings (SSSR count). The fourth-order valence-corrected chi connectivity index (χ4v) is 3.82. The van der Waals surface area contributed by atoms with Crippen LogP contribution in [0.1, 0.15) is 42.0 Å². The van der Waals surface area contributed by atoms with Gasteiger partial charge in [0.05, 0.1) is 11.3 Å². The summed E-state index contributed by atoms with van der Waals surface area (Å²) in [5.74, 6) is 0.0271. The standard InChI is InChI=1S/C20H22F3N3O2/c1-12-8-13(2)11-25(10-12)19(28)18-17(27)9-14(3)26(24-18)16-7-5-4-6-15(16)20(21,22)23/h4-7,9,12-13H,8,10-11H2,1-3H3/t12-,13-/m0/s1. The highest BCUT2D eigenvalue weighted by atomic mass is 19.4. The Hall–Kier alpha value is -2.64. The van der Waals surface area contributed by atoms with Gasteiger partial charge in [-0.3, -0.25) is 9.59 Å². The predicted octanol–water partition coefficient (Wildman–Crippen LogP) is 3.68. The summed E-state index contributed by atoms with van der Waals surface area (Å²) in [4.78, 5) is 26.9. The Balaban J connectivity index is 2.08. The number of benzene rings is 1. The van der Waals surface area contributed by atoms with Gasteiger partial charge in [-0.25, -0.2) is 4.68 Å². The Morgan fingerprint density at radius 3 is 2.36 bits per heavy atom. The number of aromatic nitrogens is 2. The van der Waals surface area contributed by atoms with Crippen LogP contribution >= 0.6 is 0 Å². The van der Waals surface area contributed by atoms with E-state index >= 15 is 0 Å². The van der Waals surface area contributed by atoms with Gasteiger partial charge in [0.25, 0.3) is 5.91 Å². The molecular formula is C20H22F3N3O2. The number of aryl methyl sites for hydroxylation is 1. The van der Waals surface area contributed by atoms with E-state index in [0.29, 0.717) is 13.1 Å². The quantitative estimate of drug-likeness (QED) is 0.782. The zero-order valence-electron chi connectivity index (χ0n) is 16.0. The summed E-state index contributed by atoms with van der Waals surface area (Å²) >= 11 is 0. The van der Waals surface area contributed by atoms with Crippen LogP contribution in [-0.4, -0.2) is 33.7 Å². The third-order valence-electron chi connectivity index (χ3n) is 4.90. The van der Waals surface area contributed by atoms with Gasteiger partial charge in [-0.05, 0) is 37.3 Å². The van der Waals surface area contributed by atoms with Crippen LogP contribution in [0.4, 0.5) is 13.2 Å². The lowest BCUT2D eigenvalue weighted by Gasteiger charge is -2.34. The van der Waals surface area contributed by atoms with Crippen molar-refractivity contribution in [3.63, 3.8) is 0 Å². The third-order valence-corrected chi connectivity index (χ3v) is 4.90. The molecule has 1 saturated heterocycles. The van der Waals surface area contributed by atoms with Crippen molar-refractivity contribution in [2.75, 3.05) is 13.1 Å². The minimum atomic E-state index is -4.59. The zero-order valence-corrected chi connectivity index (χ0v) is 16.0. The molecule has 0 spiro atoms. The van der Waals surface area contributed by atoms with Crippen molar-refractivity contribution in [1.82, 2.24) is 14.7 Å². The van der Waals surface area contributed by atoms with Gasteiger partial charge in [0.15, 0.2) is 5.69 Å². The maximum atomic E-state index is 13.4. The Kier molecular flexibility index (Phi) is 5.32. The molecule has 2 heterocycles. The second-order valence-electron chi connectivity index (χ2n) is 7.58. The van der Waals surface area contributed by atoms with Gasteiger partial charge in [0.1, 0.15) is 0 Å². The number of hydrogen-bond donors (Lipinski definition) is 0. The maximum absolute atomic E-state index is 13.4. The van der Waals surface area contributed by atoms with Crippen LogP contribution in [0, 0.1) is 18.8 Å². The molecule has 1 aliphatic rings. The minimum Gasteiger partial charge on any atom is -0.337 e. The van der Waals surface area contributed by atoms with E-state index in [1.54, 1.807) is 4.90 Å². The number of rotatable bonds is 2. The Labute approximate surface area is 160 Å². The molecular weight excluding hydrogens is 371 g/mol. The normalized spacial score (nSPS) is 20.3. The number of carbonyl (C=O) groups excluding carboxylic acids is 1. The Morgan fingerprint density at radius 1 is 1.14 bits per heavy atom. The van der Waals surface area contributed by atoms with Crippen LogP contribution in [0.2, 0.25) is 0 Å². The molecule has 0 radical (unpaired) electrons. The fraction of sp³-hybridized carbons (Fsp3) is 0.450. The van der Waals surface area contributed by atoms with E-state index in [2.05, 4.69) is 5.10 Å². The van der Waals surface area contributed by atoms with Gasteiger partial charge in [-0.15, -0.1) is 0 Å². The molecule has 0 aliphatic carbocycles. The summed E-state index contributed by atoms with van der Waals surface area (Å²) < 4.78 is 41.2. The highest BCUT2D eigenvalue weighted by molar-refractivity contribution is 5.92. The van der Waals surface area contributed by atoms with E-state index < -0.39 is 23.1 Å². The van der Waals surface area contributed by atoms with E-state index in [4.69, 9.17) is 0 Å². The fourth-order valence-electron chi connectivity index (χ4n) is 3.82. The van der Waals surface area contributed by atoms with Crippen molar-refractivity contribution < 1.29 is 18.0 Å². The van der Waals surface area contributed by atoms with Crippen molar-refractivity contribution >= 4 is 5.91 Å². The van der Waals surface area contributed by atoms with Gasteiger partial charge in [0, 0.05) is 24.8 Å². The number of nitrogens with zero attached hydrogens (tertiary/aromatic N) is 3. The second kappa shape index (κ2) is 7.41. The molecule has 28 heavy (non-hydrogen) atoms. The molecule has 1 fully saturated rings. The lowest BCUT2D eigenvalue weighted by atomic mass is 9.92. The number of para-hydroxylation sites is 1. The third kappa shape index (κ3) is 3.95. The number of amides is 1. The molecule has 2 atom stereocenters. The van der Waals surface area contributed by atoms with E-state index in [9.17, 15) is 22.8 Å². The molecule has 150 valence electrons. The monoisotopic (exact) mass is 393 g/mol. The van der Waals surface area contributed by atoms with Gasteiger partial charge < -0.3 is 4.90 Å². The number of hydrogen-bond acceptors (Lipinski definition) is 3. The van der Waals surface area contributed by atoms with Crippen LogP contribution < -0.4 is 5.43 Å². The summed E-state index contributed by atoms with van der Waals surface area (Å²) in [6.45, 7) is 6.53. The molecule has 1 amide bonds. The van der Waals surface area contributed by atoms with Crippen molar-refractivity contribution in [2.24, 2.45) is 11.8 Å². The van der Waals surface area contributed by atoms with E-state index in [-0.39, 0.29) is 28.9 Å². The molecule has 2 aromatic rings. The van der Waals surface area contributed by atoms with Crippen LogP contribution in [0.3, 0.4) is 0 Å². The van der Waals surface area contributed by atoms with Crippen molar-refractivity contribution in [1.29, 1.82) is 0 Å². The maximum Gasteiger partial charge on any atom is 0.418 e. The number of carbonyl (C=O) groups is 1. The van der Waals surface area contributed by atoms with Crippen LogP contribution in [0.5, 0.6) is 0 Å². The molecule has 8 heteroatoms. The van der Waals surface area contributed by atoms with Crippen LogP contribution in [-0.2, 0) is 6.18 Å². The lowest BCUT2D eigenvalue weighted by molar-refractivity contribution is -0.137. The van der Waals surface area contributed by atoms with Gasteiger partial charge >= 0.3 is 6.18 Å². The summed E-state index contributed by atoms with van der Waals surface area (Å²) in [5, 5.41) is 4.05. The predicted molar refractivity (Wildman–Crippen MR) is 98.4 cm³/mol. The number of likely N-dealkylation sites (tertiary alicyclic amines) is 1. The summed E-state index contributed by atoms with van der Waals surface area (Å²) in [5.41, 5.74) is -1.83. The molecule has 0 saturated carbocycles. The Morgan fingerprint density at radius 2 is 1.75 bits per heavy atom. The second-order valence-corrected chi connectivity index (χ2v) is 7.58. The first-order valence-electron chi connectivity index (χ1n) is 9.14. The van der Waals surface area contributed by atoms with Crippen molar-refractivity contribution in [3.8, 4) is 5.69 Å². The van der Waals surface area contributed by atoms with E-state index in [1.165, 1.54) is 25.1 Å². The molecule has 1 aromatic carbocycles. The van der Waals surface area contributed by atoms with Gasteiger partial charge in [0.2, 0.25) is 5.43 Å². The first-order chi connectivity index (χ1) is 13.1. The topological polar surface area (TPSA) is 55.2 Å². The molecule has 0 N–H and O–H groups in total. The average molecular weight is 393 g/mol. The molecule has 0 unspecified atom stereocenters. The highest BCUT2D eigenvalue weighted by Crippen LogP contribution is 2.33. The number of piperidine rings is 1. The van der Waals surface area contributed by atoms with E-state index in [0.717, 1.165) is 23.2 Å². The first kappa shape index (κ1) is 20.1. The lowest BCUT2D eigenvalue weighted by Crippen LogP contribution is -2.44. The molecule has 5 nitrogen and oxygen atoms in total. The molecule has 0 bridgehead atoms. The van der Waals surface area contributed by atoms with Gasteiger partial charge in [-0.1, -0.05) is 26.0 Å². The zero-order chi connectivity index (χ0) is 20.6. The molecule has 1 aliphatic heterocycles. The average Bonchev–Trinajstić information content (AvgIpc) is 2.60. The van der Waals surface area contributed by atoms with Crippen LogP contribution in [0.15, 0.2) is 35.1 Å². The van der Waals surface area contributed by atoms with Gasteiger partial charge in [-0.2, -0.15) is 18.3 Å². The largest absolute Gasteiger partial charge is 0.418 e. The van der Waals surface area contributed by atoms with Crippen LogP contribution in [0.25, 0.3) is 5.69 Å². The van der Waals surface area contributed by atoms with E-state index in [1.807, 2.05) is 13.8 Å². The molecule has 1 aromatic heterocycles. The number of halogens is 3. The minimum absolute atomic E-state index is 0.220. The smallest absolute Gasteiger partial charge is 0.337 e. The first-order valence-corrected chi connectivity index (χ1v) is 9.14. The van der Waals surface area contributed by atoms with Crippen molar-refractivity contribution in [2.45, 2.75) is 33.4 Å². The summed E-state index contributed by atoms with van der Waals surface area (Å²) in [6, 6.07) is 6.12. The Bertz CT molecular complexity index is 942. The number of alkyl halides is 3. The summed E-state index contributed by atoms with van der Waals surface area (Å²) in [7, 11) is 0. The SMILES string of the molecule is Cc1cc(=O)c(C(=O)N2C[C@@H](C)C[C@H](C)C2)nn1-c1ccccc1C(F)(F)F. The highest BCUT2D eigenvalue weighted by Gasteiger charge is 2.35. The van der Waals surface area contributed by atoms with Crippen molar-refractivity contribution in [3.05, 3.63) is 57.5 Å².